The van der Waals surface area contributed by atoms with Gasteiger partial charge >= 0.3 is 0 Å². The first-order chi connectivity index (χ1) is 12.2. The molecule has 2 aliphatic heterocycles. The lowest BCUT2D eigenvalue weighted by Gasteiger charge is -2.29. The molecule has 1 aromatic heterocycles. The Morgan fingerprint density at radius 1 is 1.08 bits per heavy atom. The zero-order chi connectivity index (χ0) is 17.2. The summed E-state index contributed by atoms with van der Waals surface area (Å²) in [5, 5.41) is 2.08. The molecule has 0 spiro atoms. The Bertz CT molecular complexity index is 716. The van der Waals surface area contributed by atoms with Gasteiger partial charge in [-0.3, -0.25) is 9.69 Å². The van der Waals surface area contributed by atoms with Crippen molar-refractivity contribution in [3.63, 3.8) is 0 Å². The van der Waals surface area contributed by atoms with E-state index in [1.54, 1.807) is 11.3 Å². The van der Waals surface area contributed by atoms with E-state index >= 15 is 0 Å². The van der Waals surface area contributed by atoms with E-state index in [2.05, 4.69) is 27.3 Å². The largest absolute Gasteiger partial charge is 0.334 e. The van der Waals surface area contributed by atoms with Crippen molar-refractivity contribution in [3.8, 4) is 0 Å². The third kappa shape index (κ3) is 3.48. The molecule has 2 saturated heterocycles. The van der Waals surface area contributed by atoms with Crippen LogP contribution in [0.1, 0.15) is 48.2 Å². The lowest BCUT2D eigenvalue weighted by atomic mass is 10.0. The molecule has 0 bridgehead atoms. The minimum absolute atomic E-state index is 0.208. The molecular weight excluding hydrogens is 335 g/mol. The van der Waals surface area contributed by atoms with Crippen LogP contribution in [-0.4, -0.2) is 35.3 Å². The van der Waals surface area contributed by atoms with Gasteiger partial charge in [0.1, 0.15) is 5.82 Å². The molecular formula is C20H23FN2OS. The molecule has 1 aromatic carbocycles. The van der Waals surface area contributed by atoms with E-state index in [1.807, 2.05) is 12.1 Å². The molecule has 4 rings (SSSR count). The van der Waals surface area contributed by atoms with E-state index in [9.17, 15) is 9.18 Å². The average Bonchev–Trinajstić information content (AvgIpc) is 3.36. The van der Waals surface area contributed by atoms with Crippen molar-refractivity contribution in [2.45, 2.75) is 37.8 Å². The lowest BCUT2D eigenvalue weighted by Crippen LogP contribution is -2.39. The van der Waals surface area contributed by atoms with Crippen molar-refractivity contribution in [2.24, 2.45) is 0 Å². The standard InChI is InChI=1S/C20H23FN2OS/c21-16-9-7-15(8-10-16)17-4-1-11-22(17)14-20(24)23-12-2-5-18(23)19-6-3-13-25-19/h3,6-10,13,17-18H,1-2,4-5,11-12,14H2. The molecule has 2 atom stereocenters. The Morgan fingerprint density at radius 3 is 2.60 bits per heavy atom. The van der Waals surface area contributed by atoms with E-state index in [0.29, 0.717) is 6.54 Å². The van der Waals surface area contributed by atoms with Gasteiger partial charge in [0.2, 0.25) is 5.91 Å². The van der Waals surface area contributed by atoms with Crippen molar-refractivity contribution < 1.29 is 9.18 Å². The number of hydrogen-bond donors (Lipinski definition) is 0. The van der Waals surface area contributed by atoms with Crippen LogP contribution in [0.4, 0.5) is 4.39 Å². The first-order valence-electron chi connectivity index (χ1n) is 9.05. The Kier molecular flexibility index (Phi) is 4.86. The maximum Gasteiger partial charge on any atom is 0.237 e. The summed E-state index contributed by atoms with van der Waals surface area (Å²) in [6.07, 6.45) is 4.26. The maximum atomic E-state index is 13.2. The third-order valence-corrected chi connectivity index (χ3v) is 6.38. The summed E-state index contributed by atoms with van der Waals surface area (Å²) in [7, 11) is 0. The van der Waals surface area contributed by atoms with Crippen LogP contribution >= 0.6 is 11.3 Å². The van der Waals surface area contributed by atoms with Crippen molar-refractivity contribution in [2.75, 3.05) is 19.6 Å². The van der Waals surface area contributed by atoms with Crippen LogP contribution in [0.25, 0.3) is 0 Å². The Labute approximate surface area is 152 Å². The number of likely N-dealkylation sites (tertiary alicyclic amines) is 2. The van der Waals surface area contributed by atoms with E-state index < -0.39 is 0 Å². The lowest BCUT2D eigenvalue weighted by molar-refractivity contribution is -0.133. The highest BCUT2D eigenvalue weighted by molar-refractivity contribution is 7.10. The zero-order valence-corrected chi connectivity index (χ0v) is 15.1. The molecule has 0 saturated carbocycles. The SMILES string of the molecule is O=C(CN1CCCC1c1ccc(F)cc1)N1CCCC1c1cccs1. The molecule has 1 amide bonds. The molecule has 2 fully saturated rings. The second-order valence-electron chi connectivity index (χ2n) is 6.94. The summed E-state index contributed by atoms with van der Waals surface area (Å²) in [6, 6.07) is 11.4. The predicted octanol–water partition coefficient (Wildman–Crippen LogP) is 4.39. The van der Waals surface area contributed by atoms with Gasteiger partial charge in [0.25, 0.3) is 0 Å². The highest BCUT2D eigenvalue weighted by atomic mass is 32.1. The van der Waals surface area contributed by atoms with Crippen molar-refractivity contribution in [1.82, 2.24) is 9.80 Å². The van der Waals surface area contributed by atoms with Crippen LogP contribution in [0.5, 0.6) is 0 Å². The number of hydrogen-bond acceptors (Lipinski definition) is 3. The highest BCUT2D eigenvalue weighted by Crippen LogP contribution is 2.36. The molecule has 0 aliphatic carbocycles. The van der Waals surface area contributed by atoms with Crippen LogP contribution in [0.2, 0.25) is 0 Å². The highest BCUT2D eigenvalue weighted by Gasteiger charge is 2.34. The summed E-state index contributed by atoms with van der Waals surface area (Å²) in [4.78, 5) is 18.6. The topological polar surface area (TPSA) is 23.6 Å². The van der Waals surface area contributed by atoms with Gasteiger partial charge < -0.3 is 4.90 Å². The van der Waals surface area contributed by atoms with Crippen molar-refractivity contribution in [3.05, 3.63) is 58.0 Å². The zero-order valence-electron chi connectivity index (χ0n) is 14.2. The van der Waals surface area contributed by atoms with Crippen LogP contribution in [0.15, 0.2) is 41.8 Å². The quantitative estimate of drug-likeness (QED) is 0.809. The molecule has 2 aromatic rings. The number of amides is 1. The summed E-state index contributed by atoms with van der Waals surface area (Å²) in [5.41, 5.74) is 1.11. The molecule has 25 heavy (non-hydrogen) atoms. The Hall–Kier alpha value is -1.72. The van der Waals surface area contributed by atoms with E-state index in [1.165, 1.54) is 17.0 Å². The number of rotatable bonds is 4. The van der Waals surface area contributed by atoms with Crippen molar-refractivity contribution >= 4 is 17.2 Å². The predicted molar refractivity (Wildman–Crippen MR) is 98.0 cm³/mol. The van der Waals surface area contributed by atoms with E-state index in [-0.39, 0.29) is 23.8 Å². The van der Waals surface area contributed by atoms with Crippen LogP contribution < -0.4 is 0 Å². The summed E-state index contributed by atoms with van der Waals surface area (Å²) in [5.74, 6) is 0.0186. The molecule has 3 nitrogen and oxygen atoms in total. The smallest absolute Gasteiger partial charge is 0.237 e. The molecule has 5 heteroatoms. The first-order valence-corrected chi connectivity index (χ1v) is 9.93. The van der Waals surface area contributed by atoms with Gasteiger partial charge in [0.15, 0.2) is 0 Å². The minimum Gasteiger partial charge on any atom is -0.334 e. The summed E-state index contributed by atoms with van der Waals surface area (Å²) < 4.78 is 13.2. The molecule has 2 unspecified atom stereocenters. The van der Waals surface area contributed by atoms with Gasteiger partial charge in [0, 0.05) is 17.5 Å². The Morgan fingerprint density at radius 2 is 1.84 bits per heavy atom. The van der Waals surface area contributed by atoms with Gasteiger partial charge in [-0.1, -0.05) is 18.2 Å². The molecule has 132 valence electrons. The third-order valence-electron chi connectivity index (χ3n) is 5.40. The number of carbonyl (C=O) groups is 1. The number of nitrogens with zero attached hydrogens (tertiary/aromatic N) is 2. The van der Waals surface area contributed by atoms with Gasteiger partial charge in [0.05, 0.1) is 12.6 Å². The van der Waals surface area contributed by atoms with Crippen LogP contribution in [0, 0.1) is 5.82 Å². The minimum atomic E-state index is -0.208. The van der Waals surface area contributed by atoms with Crippen molar-refractivity contribution in [1.29, 1.82) is 0 Å². The van der Waals surface area contributed by atoms with Gasteiger partial charge in [-0.05, 0) is 61.4 Å². The molecule has 0 N–H and O–H groups in total. The van der Waals surface area contributed by atoms with E-state index in [0.717, 1.165) is 44.3 Å². The molecule has 0 radical (unpaired) electrons. The molecule has 2 aliphatic rings. The van der Waals surface area contributed by atoms with Gasteiger partial charge in [-0.2, -0.15) is 0 Å². The fourth-order valence-electron chi connectivity index (χ4n) is 4.18. The summed E-state index contributed by atoms with van der Waals surface area (Å²) >= 11 is 1.74. The fourth-order valence-corrected chi connectivity index (χ4v) is 5.06. The number of carbonyl (C=O) groups excluding carboxylic acids is 1. The number of halogens is 1. The summed E-state index contributed by atoms with van der Waals surface area (Å²) in [6.45, 7) is 2.26. The van der Waals surface area contributed by atoms with Gasteiger partial charge in [-0.25, -0.2) is 4.39 Å². The first kappa shape index (κ1) is 16.7. The second kappa shape index (κ2) is 7.26. The fraction of sp³-hybridized carbons (Fsp3) is 0.450. The van der Waals surface area contributed by atoms with Crippen LogP contribution in [-0.2, 0) is 4.79 Å². The Balaban J connectivity index is 1.45. The van der Waals surface area contributed by atoms with E-state index in [4.69, 9.17) is 0 Å². The maximum absolute atomic E-state index is 13.2. The normalized spacial score (nSPS) is 24.1. The second-order valence-corrected chi connectivity index (χ2v) is 7.92. The molecule has 3 heterocycles. The number of thiophene rings is 1. The monoisotopic (exact) mass is 358 g/mol. The van der Waals surface area contributed by atoms with Crippen LogP contribution in [0.3, 0.4) is 0 Å². The average molecular weight is 358 g/mol. The van der Waals surface area contributed by atoms with Gasteiger partial charge in [-0.15, -0.1) is 11.3 Å². The number of benzene rings is 1.